The zero-order valence-corrected chi connectivity index (χ0v) is 13.4. The molecule has 14 heavy (non-hydrogen) atoms. The normalized spacial score (nSPS) is 9.50. The van der Waals surface area contributed by atoms with Crippen LogP contribution in [0.4, 0.5) is 5.69 Å². The molecule has 2 nitrogen and oxygen atoms in total. The second-order valence-corrected chi connectivity index (χ2v) is 3.12. The summed E-state index contributed by atoms with van der Waals surface area (Å²) in [5.41, 5.74) is 8.69. The first kappa shape index (κ1) is 12.2. The van der Waals surface area contributed by atoms with Crippen LogP contribution in [0.3, 0.4) is 0 Å². The van der Waals surface area contributed by atoms with Crippen molar-refractivity contribution in [3.63, 3.8) is 0 Å². The molecule has 0 aliphatic carbocycles. The van der Waals surface area contributed by atoms with Crippen LogP contribution in [0, 0.1) is 13.0 Å². The molecule has 2 aromatic rings. The van der Waals surface area contributed by atoms with E-state index in [2.05, 4.69) is 25.3 Å². The predicted octanol–water partition coefficient (Wildman–Crippen LogP) is -0.828. The van der Waals surface area contributed by atoms with Gasteiger partial charge in [-0.05, 0) is 30.9 Å². The van der Waals surface area contributed by atoms with E-state index in [1.807, 2.05) is 22.9 Å². The molecule has 0 saturated carbocycles. The number of anilines is 1. The molecular weight excluding hydrogens is 246 g/mol. The SMILES string of the molecule is Cc1ccn(-c2c[c-]cc(N)c2)c1.[Rb+]. The second kappa shape index (κ2) is 5.26. The van der Waals surface area contributed by atoms with Crippen molar-refractivity contribution in [2.45, 2.75) is 6.92 Å². The molecule has 0 saturated heterocycles. The van der Waals surface area contributed by atoms with Crippen LogP contribution in [0.1, 0.15) is 5.56 Å². The first-order chi connectivity index (χ1) is 6.25. The van der Waals surface area contributed by atoms with Gasteiger partial charge >= 0.3 is 58.2 Å². The minimum atomic E-state index is 0. The average Bonchev–Trinajstić information content (AvgIpc) is 2.52. The first-order valence-electron chi connectivity index (χ1n) is 4.17. The summed E-state index contributed by atoms with van der Waals surface area (Å²) in [6.45, 7) is 2.06. The number of aromatic nitrogens is 1. The fraction of sp³-hybridized carbons (Fsp3) is 0.0909. The maximum absolute atomic E-state index is 5.66. The zero-order chi connectivity index (χ0) is 9.26. The van der Waals surface area contributed by atoms with Gasteiger partial charge in [0, 0.05) is 0 Å². The molecule has 2 rings (SSSR count). The van der Waals surface area contributed by atoms with Crippen molar-refractivity contribution in [1.29, 1.82) is 0 Å². The summed E-state index contributed by atoms with van der Waals surface area (Å²) in [7, 11) is 0. The summed E-state index contributed by atoms with van der Waals surface area (Å²) in [4.78, 5) is 0. The maximum Gasteiger partial charge on any atom is 1.00 e. The van der Waals surface area contributed by atoms with Gasteiger partial charge in [-0.25, -0.2) is 0 Å². The van der Waals surface area contributed by atoms with Crippen molar-refractivity contribution in [2.75, 3.05) is 5.73 Å². The van der Waals surface area contributed by atoms with E-state index in [9.17, 15) is 0 Å². The molecule has 0 aliphatic rings. The number of rotatable bonds is 1. The van der Waals surface area contributed by atoms with Crippen molar-refractivity contribution >= 4 is 5.69 Å². The number of nitrogen functional groups attached to an aromatic ring is 1. The van der Waals surface area contributed by atoms with Crippen LogP contribution in [0.15, 0.2) is 36.7 Å². The number of hydrogen-bond acceptors (Lipinski definition) is 1. The van der Waals surface area contributed by atoms with E-state index < -0.39 is 0 Å². The van der Waals surface area contributed by atoms with Gasteiger partial charge in [0.25, 0.3) is 0 Å². The summed E-state index contributed by atoms with van der Waals surface area (Å²) < 4.78 is 2.03. The molecule has 2 N–H and O–H groups in total. The largest absolute Gasteiger partial charge is 1.00 e. The Labute approximate surface area is 133 Å². The third-order valence-corrected chi connectivity index (χ3v) is 1.93. The van der Waals surface area contributed by atoms with E-state index in [0.29, 0.717) is 0 Å². The van der Waals surface area contributed by atoms with Crippen LogP contribution in [-0.4, -0.2) is 4.57 Å². The third kappa shape index (κ3) is 2.80. The summed E-state index contributed by atoms with van der Waals surface area (Å²) in [5.74, 6) is 0. The maximum atomic E-state index is 5.66. The van der Waals surface area contributed by atoms with Gasteiger partial charge in [0.15, 0.2) is 0 Å². The Balaban J connectivity index is 0.000000980. The molecule has 1 heterocycles. The second-order valence-electron chi connectivity index (χ2n) is 3.12. The Kier molecular flexibility index (Phi) is 4.58. The number of nitrogens with two attached hydrogens (primary N) is 1. The summed E-state index contributed by atoms with van der Waals surface area (Å²) in [5, 5.41) is 0. The Bertz CT molecular complexity index is 421. The summed E-state index contributed by atoms with van der Waals surface area (Å²) >= 11 is 0. The molecule has 0 fully saturated rings. The zero-order valence-electron chi connectivity index (χ0n) is 8.49. The van der Waals surface area contributed by atoms with Crippen molar-refractivity contribution in [3.8, 4) is 5.69 Å². The number of nitrogens with zero attached hydrogens (tertiary/aromatic N) is 1. The minimum Gasteiger partial charge on any atom is -0.449 e. The third-order valence-electron chi connectivity index (χ3n) is 1.93. The van der Waals surface area contributed by atoms with Gasteiger partial charge in [0.2, 0.25) is 0 Å². The molecule has 0 aliphatic heterocycles. The fourth-order valence-corrected chi connectivity index (χ4v) is 1.29. The van der Waals surface area contributed by atoms with Crippen LogP contribution in [0.2, 0.25) is 0 Å². The first-order valence-corrected chi connectivity index (χ1v) is 4.17. The van der Waals surface area contributed by atoms with E-state index >= 15 is 0 Å². The predicted molar refractivity (Wildman–Crippen MR) is 53.8 cm³/mol. The molecule has 0 spiro atoms. The van der Waals surface area contributed by atoms with Crippen LogP contribution in [-0.2, 0) is 0 Å². The number of benzene rings is 1. The van der Waals surface area contributed by atoms with Crippen LogP contribution >= 0.6 is 0 Å². The monoisotopic (exact) mass is 256 g/mol. The topological polar surface area (TPSA) is 30.9 Å². The van der Waals surface area contributed by atoms with Gasteiger partial charge in [0.1, 0.15) is 0 Å². The number of aryl methyl sites for hydroxylation is 1. The molecule has 1 aromatic carbocycles. The molecule has 0 bridgehead atoms. The molecule has 3 heteroatoms. The average molecular weight is 257 g/mol. The van der Waals surface area contributed by atoms with Gasteiger partial charge < -0.3 is 10.3 Å². The smallest absolute Gasteiger partial charge is 0.449 e. The molecular formula is C11H11N2Rb. The number of hydrogen-bond donors (Lipinski definition) is 1. The van der Waals surface area contributed by atoms with E-state index in [4.69, 9.17) is 5.73 Å². The molecule has 0 radical (unpaired) electrons. The Morgan fingerprint density at radius 1 is 1.36 bits per heavy atom. The van der Waals surface area contributed by atoms with Gasteiger partial charge in [-0.1, -0.05) is 11.4 Å². The van der Waals surface area contributed by atoms with Crippen LogP contribution in [0.25, 0.3) is 5.69 Å². The van der Waals surface area contributed by atoms with E-state index in [1.54, 1.807) is 6.07 Å². The van der Waals surface area contributed by atoms with Crippen molar-refractivity contribution in [2.24, 2.45) is 0 Å². The Morgan fingerprint density at radius 2 is 2.14 bits per heavy atom. The van der Waals surface area contributed by atoms with Gasteiger partial charge in [0.05, 0.1) is 0 Å². The van der Waals surface area contributed by atoms with Gasteiger partial charge in [-0.15, -0.1) is 6.07 Å². The molecule has 0 unspecified atom stereocenters. The summed E-state index contributed by atoms with van der Waals surface area (Å²) in [6, 6.07) is 10.7. The summed E-state index contributed by atoms with van der Waals surface area (Å²) in [6.07, 6.45) is 4.07. The van der Waals surface area contributed by atoms with Gasteiger partial charge in [-0.3, -0.25) is 0 Å². The van der Waals surface area contributed by atoms with E-state index in [1.165, 1.54) is 5.56 Å². The van der Waals surface area contributed by atoms with Crippen molar-refractivity contribution in [3.05, 3.63) is 48.3 Å². The Morgan fingerprint density at radius 3 is 2.71 bits per heavy atom. The molecule has 0 amide bonds. The fourth-order valence-electron chi connectivity index (χ4n) is 1.29. The van der Waals surface area contributed by atoms with Crippen LogP contribution < -0.4 is 63.9 Å². The van der Waals surface area contributed by atoms with Crippen LogP contribution in [0.5, 0.6) is 0 Å². The van der Waals surface area contributed by atoms with E-state index in [0.717, 1.165) is 11.4 Å². The standard InChI is InChI=1S/C11H11N2.Rb/c1-9-5-6-13(8-9)11-4-2-3-10(12)7-11;/h3-8H,12H2,1H3;/q-1;+1. The molecule has 0 atom stereocenters. The van der Waals surface area contributed by atoms with Crippen molar-refractivity contribution in [1.82, 2.24) is 4.57 Å². The quantitative estimate of drug-likeness (QED) is 0.524. The minimum absolute atomic E-state index is 0. The van der Waals surface area contributed by atoms with Crippen molar-refractivity contribution < 1.29 is 58.2 Å². The van der Waals surface area contributed by atoms with E-state index in [-0.39, 0.29) is 58.2 Å². The molecule has 66 valence electrons. The van der Waals surface area contributed by atoms with Gasteiger partial charge in [-0.2, -0.15) is 18.2 Å². The Hall–Kier alpha value is 0.105. The molecule has 1 aromatic heterocycles.